The zero-order chi connectivity index (χ0) is 28.1. The molecule has 1 aliphatic heterocycles. The van der Waals surface area contributed by atoms with Gasteiger partial charge in [0.25, 0.3) is 11.1 Å². The SMILES string of the molecule is CCOc1cc(/C=C2/SC(=O)N(CC(=O)Nc3cccc(C)c3C)C2=O)cc(Br)c1OCc1ccccc1Cl. The second-order valence-electron chi connectivity index (χ2n) is 8.71. The third-order valence-electron chi connectivity index (χ3n) is 6.01. The predicted molar refractivity (Wildman–Crippen MR) is 158 cm³/mol. The van der Waals surface area contributed by atoms with E-state index in [2.05, 4.69) is 21.2 Å². The molecule has 0 saturated carbocycles. The van der Waals surface area contributed by atoms with Gasteiger partial charge in [-0.05, 0) is 95.5 Å². The van der Waals surface area contributed by atoms with Crippen LogP contribution < -0.4 is 14.8 Å². The molecule has 3 aromatic rings. The van der Waals surface area contributed by atoms with Gasteiger partial charge in [-0.25, -0.2) is 0 Å². The minimum atomic E-state index is -0.533. The molecule has 3 amide bonds. The van der Waals surface area contributed by atoms with Crippen molar-refractivity contribution < 1.29 is 23.9 Å². The number of anilines is 1. The Morgan fingerprint density at radius 2 is 1.87 bits per heavy atom. The molecule has 202 valence electrons. The van der Waals surface area contributed by atoms with Crippen LogP contribution in [0.1, 0.15) is 29.2 Å². The monoisotopic (exact) mass is 628 g/mol. The van der Waals surface area contributed by atoms with Crippen molar-refractivity contribution in [3.05, 3.63) is 91.3 Å². The average molecular weight is 630 g/mol. The van der Waals surface area contributed by atoms with Crippen LogP contribution in [0.25, 0.3) is 6.08 Å². The van der Waals surface area contributed by atoms with Crippen molar-refractivity contribution in [3.8, 4) is 11.5 Å². The first kappa shape index (κ1) is 28.7. The number of carbonyl (C=O) groups is 3. The van der Waals surface area contributed by atoms with E-state index in [0.717, 1.165) is 33.4 Å². The normalized spacial score (nSPS) is 14.2. The number of nitrogens with zero attached hydrogens (tertiary/aromatic N) is 1. The van der Waals surface area contributed by atoms with Crippen LogP contribution in [-0.4, -0.2) is 35.1 Å². The molecule has 1 N–H and O–H groups in total. The molecule has 0 bridgehead atoms. The molecule has 0 aliphatic carbocycles. The zero-order valence-corrected chi connectivity index (χ0v) is 24.7. The van der Waals surface area contributed by atoms with Gasteiger partial charge in [0.2, 0.25) is 5.91 Å². The van der Waals surface area contributed by atoms with Crippen LogP contribution in [0.3, 0.4) is 0 Å². The first-order chi connectivity index (χ1) is 18.7. The van der Waals surface area contributed by atoms with E-state index >= 15 is 0 Å². The summed E-state index contributed by atoms with van der Waals surface area (Å²) in [4.78, 5) is 39.4. The van der Waals surface area contributed by atoms with Gasteiger partial charge in [-0.15, -0.1) is 0 Å². The molecule has 7 nitrogen and oxygen atoms in total. The highest BCUT2D eigenvalue weighted by Gasteiger charge is 2.36. The number of ether oxygens (including phenoxy) is 2. The van der Waals surface area contributed by atoms with Gasteiger partial charge in [0, 0.05) is 16.3 Å². The Hall–Kier alpha value is -3.27. The van der Waals surface area contributed by atoms with Crippen molar-refractivity contribution in [3.63, 3.8) is 0 Å². The van der Waals surface area contributed by atoms with Gasteiger partial charge in [0.05, 0.1) is 16.0 Å². The Labute approximate surface area is 244 Å². The molecule has 1 fully saturated rings. The number of thioether (sulfide) groups is 1. The van der Waals surface area contributed by atoms with Gasteiger partial charge in [-0.2, -0.15) is 0 Å². The number of imide groups is 1. The van der Waals surface area contributed by atoms with E-state index in [4.69, 9.17) is 21.1 Å². The molecule has 39 heavy (non-hydrogen) atoms. The average Bonchev–Trinajstić information content (AvgIpc) is 3.14. The molecule has 0 unspecified atom stereocenters. The van der Waals surface area contributed by atoms with E-state index in [1.54, 1.807) is 30.3 Å². The molecule has 1 heterocycles. The minimum Gasteiger partial charge on any atom is -0.490 e. The van der Waals surface area contributed by atoms with Crippen LogP contribution in [0.4, 0.5) is 10.5 Å². The van der Waals surface area contributed by atoms with E-state index in [1.807, 2.05) is 51.1 Å². The Kier molecular flexibility index (Phi) is 9.37. The number of nitrogens with one attached hydrogen (secondary N) is 1. The van der Waals surface area contributed by atoms with Crippen LogP contribution >= 0.6 is 39.3 Å². The fourth-order valence-electron chi connectivity index (χ4n) is 3.85. The van der Waals surface area contributed by atoms with Crippen LogP contribution in [0.5, 0.6) is 11.5 Å². The summed E-state index contributed by atoms with van der Waals surface area (Å²) in [5.74, 6) is -0.0228. The molecule has 1 saturated heterocycles. The van der Waals surface area contributed by atoms with Crippen LogP contribution in [-0.2, 0) is 16.2 Å². The summed E-state index contributed by atoms with van der Waals surface area (Å²) in [6.07, 6.45) is 1.60. The number of hydrogen-bond donors (Lipinski definition) is 1. The lowest BCUT2D eigenvalue weighted by Crippen LogP contribution is -2.36. The highest BCUT2D eigenvalue weighted by Crippen LogP contribution is 2.40. The standard InChI is InChI=1S/C29H26BrClN2O5S/c1-4-37-24-13-19(12-21(30)27(24)38-16-20-9-5-6-10-22(20)31)14-25-28(35)33(29(36)39-25)15-26(34)32-23-11-7-8-17(2)18(23)3/h5-14H,4,15-16H2,1-3H3,(H,32,34)/b25-14+. The first-order valence-corrected chi connectivity index (χ1v) is 14.1. The maximum atomic E-state index is 13.0. The van der Waals surface area contributed by atoms with Crippen molar-refractivity contribution in [1.29, 1.82) is 0 Å². The van der Waals surface area contributed by atoms with Crippen LogP contribution in [0.2, 0.25) is 5.02 Å². The quantitative estimate of drug-likeness (QED) is 0.249. The van der Waals surface area contributed by atoms with E-state index < -0.39 is 17.1 Å². The summed E-state index contributed by atoms with van der Waals surface area (Å²) in [6, 6.07) is 16.5. The largest absolute Gasteiger partial charge is 0.490 e. The maximum Gasteiger partial charge on any atom is 0.294 e. The lowest BCUT2D eigenvalue weighted by molar-refractivity contribution is -0.127. The van der Waals surface area contributed by atoms with Gasteiger partial charge < -0.3 is 14.8 Å². The Morgan fingerprint density at radius 3 is 2.62 bits per heavy atom. The summed E-state index contributed by atoms with van der Waals surface area (Å²) < 4.78 is 12.4. The highest BCUT2D eigenvalue weighted by atomic mass is 79.9. The van der Waals surface area contributed by atoms with Crippen LogP contribution in [0, 0.1) is 13.8 Å². The lowest BCUT2D eigenvalue weighted by atomic mass is 10.1. The number of hydrogen-bond acceptors (Lipinski definition) is 6. The van der Waals surface area contributed by atoms with E-state index in [0.29, 0.717) is 38.9 Å². The lowest BCUT2D eigenvalue weighted by Gasteiger charge is -2.15. The smallest absolute Gasteiger partial charge is 0.294 e. The van der Waals surface area contributed by atoms with E-state index in [1.165, 1.54) is 0 Å². The molecule has 1 aliphatic rings. The van der Waals surface area contributed by atoms with Crippen molar-refractivity contribution in [1.82, 2.24) is 4.90 Å². The van der Waals surface area contributed by atoms with Gasteiger partial charge >= 0.3 is 0 Å². The Bertz CT molecular complexity index is 1480. The van der Waals surface area contributed by atoms with E-state index in [-0.39, 0.29) is 18.1 Å². The number of amides is 3. The number of halogens is 2. The molecule has 0 radical (unpaired) electrons. The number of aryl methyl sites for hydroxylation is 1. The van der Waals surface area contributed by atoms with E-state index in [9.17, 15) is 14.4 Å². The van der Waals surface area contributed by atoms with Crippen molar-refractivity contribution in [2.45, 2.75) is 27.4 Å². The number of benzene rings is 3. The summed E-state index contributed by atoms with van der Waals surface area (Å²) in [5, 5.41) is 2.88. The first-order valence-electron chi connectivity index (χ1n) is 12.1. The molecule has 4 rings (SSSR count). The zero-order valence-electron chi connectivity index (χ0n) is 21.5. The summed E-state index contributed by atoms with van der Waals surface area (Å²) in [5.41, 5.74) is 4.05. The van der Waals surface area contributed by atoms with Crippen molar-refractivity contribution in [2.75, 3.05) is 18.5 Å². The Balaban J connectivity index is 1.50. The summed E-state index contributed by atoms with van der Waals surface area (Å²) in [6.45, 7) is 5.95. The second kappa shape index (κ2) is 12.7. The fourth-order valence-corrected chi connectivity index (χ4v) is 5.45. The molecular formula is C29H26BrClN2O5S. The van der Waals surface area contributed by atoms with Gasteiger partial charge in [0.1, 0.15) is 13.2 Å². The summed E-state index contributed by atoms with van der Waals surface area (Å²) >= 11 is 10.6. The fraction of sp³-hybridized carbons (Fsp3) is 0.207. The summed E-state index contributed by atoms with van der Waals surface area (Å²) in [7, 11) is 0. The van der Waals surface area contributed by atoms with Crippen molar-refractivity contribution >= 4 is 68.1 Å². The molecule has 10 heteroatoms. The molecule has 0 atom stereocenters. The third-order valence-corrected chi connectivity index (χ3v) is 7.88. The van der Waals surface area contributed by atoms with Gasteiger partial charge in [-0.3, -0.25) is 19.3 Å². The number of rotatable bonds is 9. The Morgan fingerprint density at radius 1 is 1.10 bits per heavy atom. The molecule has 3 aromatic carbocycles. The molecule has 0 spiro atoms. The minimum absolute atomic E-state index is 0.207. The second-order valence-corrected chi connectivity index (χ2v) is 11.0. The van der Waals surface area contributed by atoms with Crippen molar-refractivity contribution in [2.24, 2.45) is 0 Å². The topological polar surface area (TPSA) is 84.9 Å². The maximum absolute atomic E-state index is 13.0. The molecular weight excluding hydrogens is 604 g/mol. The predicted octanol–water partition coefficient (Wildman–Crippen LogP) is 7.37. The molecule has 0 aromatic heterocycles. The van der Waals surface area contributed by atoms with Crippen LogP contribution in [0.15, 0.2) is 64.0 Å². The third kappa shape index (κ3) is 6.84. The van der Waals surface area contributed by atoms with Gasteiger partial charge in [0.15, 0.2) is 11.5 Å². The number of carbonyl (C=O) groups excluding carboxylic acids is 3. The highest BCUT2D eigenvalue weighted by molar-refractivity contribution is 9.10. The van der Waals surface area contributed by atoms with Gasteiger partial charge in [-0.1, -0.05) is 41.9 Å².